The number of nitrogens with two attached hydrogens (primary N) is 1. The molecule has 7 nitrogen and oxygen atoms in total. The van der Waals surface area contributed by atoms with Crippen molar-refractivity contribution in [2.24, 2.45) is 5.73 Å². The van der Waals surface area contributed by atoms with Gasteiger partial charge < -0.3 is 10.6 Å². The number of fused-ring (bicyclic) bond motifs is 1. The number of nitrogens with zero attached hydrogens (tertiary/aromatic N) is 4. The van der Waals surface area contributed by atoms with Crippen LogP contribution in [-0.2, 0) is 0 Å². The highest BCUT2D eigenvalue weighted by atomic mass is 16.2. The molecule has 0 radical (unpaired) electrons. The van der Waals surface area contributed by atoms with E-state index in [1.165, 1.54) is 10.9 Å². The molecule has 0 bridgehead atoms. The fourth-order valence-electron chi connectivity index (χ4n) is 2.73. The van der Waals surface area contributed by atoms with Crippen molar-refractivity contribution >= 4 is 11.5 Å². The second kappa shape index (κ2) is 4.65. The van der Waals surface area contributed by atoms with Crippen molar-refractivity contribution in [3.8, 4) is 0 Å². The molecule has 19 heavy (non-hydrogen) atoms. The van der Waals surface area contributed by atoms with E-state index in [2.05, 4.69) is 20.2 Å². The Bertz CT molecular complexity index is 630. The summed E-state index contributed by atoms with van der Waals surface area (Å²) in [4.78, 5) is 13.8. The Hall–Kier alpha value is -1.89. The highest BCUT2D eigenvalue weighted by molar-refractivity contribution is 5.46. The lowest BCUT2D eigenvalue weighted by Gasteiger charge is -2.38. The third kappa shape index (κ3) is 2.10. The summed E-state index contributed by atoms with van der Waals surface area (Å²) in [5.41, 5.74) is 6.28. The monoisotopic (exact) mass is 262 g/mol. The van der Waals surface area contributed by atoms with Crippen molar-refractivity contribution in [1.82, 2.24) is 19.8 Å². The van der Waals surface area contributed by atoms with Crippen LogP contribution in [0.1, 0.15) is 26.2 Å². The Morgan fingerprint density at radius 1 is 1.47 bits per heavy atom. The summed E-state index contributed by atoms with van der Waals surface area (Å²) in [6, 6.07) is 4.06. The summed E-state index contributed by atoms with van der Waals surface area (Å²) < 4.78 is 1.29. The predicted molar refractivity (Wildman–Crippen MR) is 72.2 cm³/mol. The predicted octanol–water partition coefficient (Wildman–Crippen LogP) is 0.124. The van der Waals surface area contributed by atoms with Crippen LogP contribution in [0.3, 0.4) is 0 Å². The summed E-state index contributed by atoms with van der Waals surface area (Å²) in [6.07, 6.45) is 3.39. The molecule has 3 heterocycles. The third-order valence-corrected chi connectivity index (χ3v) is 3.71. The van der Waals surface area contributed by atoms with E-state index in [4.69, 9.17) is 5.73 Å². The van der Waals surface area contributed by atoms with Crippen molar-refractivity contribution in [3.63, 3.8) is 0 Å². The average Bonchev–Trinajstić information content (AvgIpc) is 2.80. The van der Waals surface area contributed by atoms with Crippen LogP contribution >= 0.6 is 0 Å². The molecule has 0 spiro atoms. The lowest BCUT2D eigenvalue weighted by atomic mass is 9.97. The van der Waals surface area contributed by atoms with E-state index < -0.39 is 0 Å². The lowest BCUT2D eigenvalue weighted by Crippen LogP contribution is -2.49. The molecule has 1 fully saturated rings. The Balaban J connectivity index is 2.01. The maximum Gasteiger partial charge on any atom is 0.364 e. The van der Waals surface area contributed by atoms with Crippen LogP contribution in [0.4, 0.5) is 5.82 Å². The van der Waals surface area contributed by atoms with E-state index in [0.717, 1.165) is 25.2 Å². The molecule has 2 unspecified atom stereocenters. The number of piperidine rings is 1. The van der Waals surface area contributed by atoms with Gasteiger partial charge >= 0.3 is 5.69 Å². The molecule has 3 rings (SSSR count). The number of hydrogen-bond acceptors (Lipinski definition) is 5. The molecule has 2 aromatic heterocycles. The van der Waals surface area contributed by atoms with Crippen LogP contribution in [-0.4, -0.2) is 38.4 Å². The van der Waals surface area contributed by atoms with Gasteiger partial charge in [0.15, 0.2) is 5.65 Å². The quantitative estimate of drug-likeness (QED) is 0.802. The zero-order chi connectivity index (χ0) is 13.4. The Kier molecular flexibility index (Phi) is 2.98. The summed E-state index contributed by atoms with van der Waals surface area (Å²) in [5, 5.41) is 10.6. The number of hydrogen-bond donors (Lipinski definition) is 2. The van der Waals surface area contributed by atoms with E-state index in [9.17, 15) is 4.79 Å². The van der Waals surface area contributed by atoms with Gasteiger partial charge in [-0.3, -0.25) is 0 Å². The zero-order valence-electron chi connectivity index (χ0n) is 10.9. The van der Waals surface area contributed by atoms with E-state index >= 15 is 0 Å². The second-order valence-electron chi connectivity index (χ2n) is 5.11. The van der Waals surface area contributed by atoms with Gasteiger partial charge in [-0.2, -0.15) is 9.61 Å². The van der Waals surface area contributed by atoms with Crippen molar-refractivity contribution < 1.29 is 0 Å². The Morgan fingerprint density at radius 3 is 3.11 bits per heavy atom. The molecule has 0 aromatic carbocycles. The minimum atomic E-state index is -0.314. The van der Waals surface area contributed by atoms with E-state index in [0.29, 0.717) is 5.65 Å². The SMILES string of the molecule is CC(N)C1CCCCN1c1ccc2n[nH]c(=O)n2n1. The molecule has 7 heteroatoms. The highest BCUT2D eigenvalue weighted by Gasteiger charge is 2.26. The number of rotatable bonds is 2. The first-order valence-corrected chi connectivity index (χ1v) is 6.63. The molecule has 102 valence electrons. The standard InChI is InChI=1S/C12H18N6O/c1-8(13)9-4-2-3-7-17(9)11-6-5-10-14-15-12(19)18(10)16-11/h5-6,8-9H,2-4,7,13H2,1H3,(H,15,19). The highest BCUT2D eigenvalue weighted by Crippen LogP contribution is 2.24. The smallest absolute Gasteiger partial charge is 0.351 e. The van der Waals surface area contributed by atoms with E-state index in [1.807, 2.05) is 13.0 Å². The van der Waals surface area contributed by atoms with Crippen LogP contribution in [0.5, 0.6) is 0 Å². The molecule has 2 atom stereocenters. The normalized spacial score (nSPS) is 21.8. The summed E-state index contributed by atoms with van der Waals surface area (Å²) in [5.74, 6) is 0.790. The maximum absolute atomic E-state index is 11.6. The number of aromatic amines is 1. The first-order chi connectivity index (χ1) is 9.16. The number of aromatic nitrogens is 4. The van der Waals surface area contributed by atoms with Crippen molar-refractivity contribution in [3.05, 3.63) is 22.6 Å². The van der Waals surface area contributed by atoms with Crippen molar-refractivity contribution in [1.29, 1.82) is 0 Å². The van der Waals surface area contributed by atoms with Gasteiger partial charge in [0.2, 0.25) is 0 Å². The van der Waals surface area contributed by atoms with Gasteiger partial charge in [-0.1, -0.05) is 0 Å². The molecule has 1 aliphatic heterocycles. The molecular weight excluding hydrogens is 244 g/mol. The summed E-state index contributed by atoms with van der Waals surface area (Å²) in [6.45, 7) is 2.95. The second-order valence-corrected chi connectivity index (χ2v) is 5.11. The molecule has 0 amide bonds. The number of nitrogens with one attached hydrogen (secondary N) is 1. The molecule has 0 saturated carbocycles. The van der Waals surface area contributed by atoms with Gasteiger partial charge in [0.05, 0.1) is 0 Å². The van der Waals surface area contributed by atoms with Crippen LogP contribution in [0, 0.1) is 0 Å². The minimum Gasteiger partial charge on any atom is -0.351 e. The first kappa shape index (κ1) is 12.2. The third-order valence-electron chi connectivity index (χ3n) is 3.71. The Labute approximate surface area is 110 Å². The maximum atomic E-state index is 11.6. The fraction of sp³-hybridized carbons (Fsp3) is 0.583. The number of H-pyrrole nitrogens is 1. The van der Waals surface area contributed by atoms with Crippen LogP contribution in [0.2, 0.25) is 0 Å². The van der Waals surface area contributed by atoms with Gasteiger partial charge in [0.1, 0.15) is 5.82 Å². The minimum absolute atomic E-state index is 0.0823. The van der Waals surface area contributed by atoms with Crippen LogP contribution in [0.25, 0.3) is 5.65 Å². The van der Waals surface area contributed by atoms with Crippen LogP contribution in [0.15, 0.2) is 16.9 Å². The van der Waals surface area contributed by atoms with E-state index in [1.54, 1.807) is 6.07 Å². The lowest BCUT2D eigenvalue weighted by molar-refractivity contribution is 0.409. The van der Waals surface area contributed by atoms with Crippen molar-refractivity contribution in [2.75, 3.05) is 11.4 Å². The molecular formula is C12H18N6O. The van der Waals surface area contributed by atoms with Gasteiger partial charge in [-0.05, 0) is 38.3 Å². The first-order valence-electron chi connectivity index (χ1n) is 6.63. The van der Waals surface area contributed by atoms with E-state index in [-0.39, 0.29) is 17.8 Å². The van der Waals surface area contributed by atoms with Gasteiger partial charge in [0.25, 0.3) is 0 Å². The molecule has 2 aromatic rings. The molecule has 3 N–H and O–H groups in total. The molecule has 1 aliphatic rings. The summed E-state index contributed by atoms with van der Waals surface area (Å²) in [7, 11) is 0. The Morgan fingerprint density at radius 2 is 2.32 bits per heavy atom. The fourth-order valence-corrected chi connectivity index (χ4v) is 2.73. The zero-order valence-corrected chi connectivity index (χ0v) is 10.9. The van der Waals surface area contributed by atoms with Gasteiger partial charge in [-0.15, -0.1) is 5.10 Å². The van der Waals surface area contributed by atoms with Gasteiger partial charge in [-0.25, -0.2) is 9.89 Å². The molecule has 0 aliphatic carbocycles. The average molecular weight is 262 g/mol. The molecule has 1 saturated heterocycles. The van der Waals surface area contributed by atoms with Gasteiger partial charge in [0, 0.05) is 18.6 Å². The topological polar surface area (TPSA) is 92.3 Å². The number of anilines is 1. The summed E-state index contributed by atoms with van der Waals surface area (Å²) >= 11 is 0. The largest absolute Gasteiger partial charge is 0.364 e. The van der Waals surface area contributed by atoms with Crippen molar-refractivity contribution in [2.45, 2.75) is 38.3 Å². The van der Waals surface area contributed by atoms with Crippen LogP contribution < -0.4 is 16.3 Å².